The lowest BCUT2D eigenvalue weighted by Crippen LogP contribution is -2.07. The molecule has 1 aromatic carbocycles. The molecule has 19 heavy (non-hydrogen) atoms. The Morgan fingerprint density at radius 2 is 2.00 bits per heavy atom. The van der Waals surface area contributed by atoms with Crippen LogP contribution in [-0.4, -0.2) is 11.1 Å². The quantitative estimate of drug-likeness (QED) is 0.825. The number of pyridine rings is 1. The van der Waals surface area contributed by atoms with Crippen LogP contribution in [0.25, 0.3) is 0 Å². The minimum atomic E-state index is -0.375. The maximum Gasteiger partial charge on any atom is 0.262 e. The molecule has 0 saturated heterocycles. The van der Waals surface area contributed by atoms with Crippen molar-refractivity contribution in [2.75, 3.05) is 0 Å². The maximum absolute atomic E-state index is 13.2. The Hall–Kier alpha value is -1.62. The Bertz CT molecular complexity index is 575. The first-order chi connectivity index (χ1) is 9.06. The summed E-state index contributed by atoms with van der Waals surface area (Å²) in [5.74, 6) is 0.809. The number of nitrogens with zero attached hydrogens (tertiary/aromatic N) is 1. The smallest absolute Gasteiger partial charge is 0.262 e. The molecule has 0 bridgehead atoms. The van der Waals surface area contributed by atoms with Crippen LogP contribution in [0, 0.1) is 5.82 Å². The molecule has 0 aliphatic heterocycles. The predicted molar refractivity (Wildman–Crippen MR) is 74.2 cm³/mol. The molecule has 5 heteroatoms. The molecule has 0 aliphatic rings. The standard InChI is InChI=1S/C14H13BrFNO2/c1-9(2)18-12-4-3-7-17-14(12)19-13-8-10(16)5-6-11(13)15/h3-9H,1-2H3. The van der Waals surface area contributed by atoms with Gasteiger partial charge in [-0.15, -0.1) is 0 Å². The van der Waals surface area contributed by atoms with Crippen LogP contribution in [0.4, 0.5) is 4.39 Å². The van der Waals surface area contributed by atoms with E-state index >= 15 is 0 Å². The van der Waals surface area contributed by atoms with Gasteiger partial charge in [0.05, 0.1) is 10.6 Å². The Kier molecular flexibility index (Phi) is 4.37. The summed E-state index contributed by atoms with van der Waals surface area (Å²) in [5.41, 5.74) is 0. The Balaban J connectivity index is 2.30. The average molecular weight is 326 g/mol. The molecule has 0 radical (unpaired) electrons. The number of rotatable bonds is 4. The van der Waals surface area contributed by atoms with Gasteiger partial charge in [-0.1, -0.05) is 0 Å². The molecule has 3 nitrogen and oxygen atoms in total. The average Bonchev–Trinajstić information content (AvgIpc) is 2.35. The van der Waals surface area contributed by atoms with Gasteiger partial charge in [0.2, 0.25) is 0 Å². The van der Waals surface area contributed by atoms with E-state index in [9.17, 15) is 4.39 Å². The first-order valence-electron chi connectivity index (χ1n) is 5.81. The third-order valence-corrected chi connectivity index (χ3v) is 2.85. The van der Waals surface area contributed by atoms with Crippen molar-refractivity contribution in [1.29, 1.82) is 0 Å². The van der Waals surface area contributed by atoms with Crippen molar-refractivity contribution in [3.8, 4) is 17.4 Å². The van der Waals surface area contributed by atoms with Crippen molar-refractivity contribution in [3.05, 3.63) is 46.8 Å². The number of benzene rings is 1. The fourth-order valence-electron chi connectivity index (χ4n) is 1.46. The Morgan fingerprint density at radius 3 is 2.74 bits per heavy atom. The lowest BCUT2D eigenvalue weighted by Gasteiger charge is -2.14. The van der Waals surface area contributed by atoms with Gasteiger partial charge < -0.3 is 9.47 Å². The van der Waals surface area contributed by atoms with Gasteiger partial charge in [0, 0.05) is 12.3 Å². The van der Waals surface area contributed by atoms with E-state index in [4.69, 9.17) is 9.47 Å². The van der Waals surface area contributed by atoms with Gasteiger partial charge in [-0.25, -0.2) is 9.37 Å². The van der Waals surface area contributed by atoms with Gasteiger partial charge in [-0.2, -0.15) is 0 Å². The lowest BCUT2D eigenvalue weighted by atomic mass is 10.3. The van der Waals surface area contributed by atoms with Crippen LogP contribution in [0.2, 0.25) is 0 Å². The molecule has 2 rings (SSSR count). The SMILES string of the molecule is CC(C)Oc1cccnc1Oc1cc(F)ccc1Br. The van der Waals surface area contributed by atoms with E-state index < -0.39 is 0 Å². The largest absolute Gasteiger partial charge is 0.485 e. The topological polar surface area (TPSA) is 31.4 Å². The molecule has 0 fully saturated rings. The van der Waals surface area contributed by atoms with Crippen LogP contribution >= 0.6 is 15.9 Å². The molecule has 0 saturated carbocycles. The maximum atomic E-state index is 13.2. The first-order valence-corrected chi connectivity index (χ1v) is 6.60. The van der Waals surface area contributed by atoms with E-state index in [0.717, 1.165) is 0 Å². The predicted octanol–water partition coefficient (Wildman–Crippen LogP) is 4.56. The van der Waals surface area contributed by atoms with Gasteiger partial charge >= 0.3 is 0 Å². The third-order valence-electron chi connectivity index (χ3n) is 2.20. The van der Waals surface area contributed by atoms with Crippen molar-refractivity contribution >= 4 is 15.9 Å². The molecule has 0 N–H and O–H groups in total. The van der Waals surface area contributed by atoms with Crippen LogP contribution < -0.4 is 9.47 Å². The van der Waals surface area contributed by atoms with E-state index in [1.165, 1.54) is 12.1 Å². The molecular formula is C14H13BrFNO2. The second-order valence-electron chi connectivity index (χ2n) is 4.15. The van der Waals surface area contributed by atoms with Crippen molar-refractivity contribution in [1.82, 2.24) is 4.98 Å². The summed E-state index contributed by atoms with van der Waals surface area (Å²) in [7, 11) is 0. The molecule has 2 aromatic rings. The Labute approximate surface area is 119 Å². The molecule has 0 amide bonds. The van der Waals surface area contributed by atoms with Crippen molar-refractivity contribution < 1.29 is 13.9 Å². The zero-order chi connectivity index (χ0) is 13.8. The first kappa shape index (κ1) is 13.8. The van der Waals surface area contributed by atoms with E-state index in [-0.39, 0.29) is 11.9 Å². The number of aromatic nitrogens is 1. The van der Waals surface area contributed by atoms with Gasteiger partial charge in [0.25, 0.3) is 5.88 Å². The second-order valence-corrected chi connectivity index (χ2v) is 5.00. The summed E-state index contributed by atoms with van der Waals surface area (Å²) in [5, 5.41) is 0. The zero-order valence-corrected chi connectivity index (χ0v) is 12.1. The normalized spacial score (nSPS) is 10.6. The molecule has 1 heterocycles. The van der Waals surface area contributed by atoms with Crippen molar-refractivity contribution in [2.45, 2.75) is 20.0 Å². The molecule has 100 valence electrons. The van der Waals surface area contributed by atoms with Gasteiger partial charge in [0.1, 0.15) is 11.6 Å². The fourth-order valence-corrected chi connectivity index (χ4v) is 1.78. The Morgan fingerprint density at radius 1 is 1.21 bits per heavy atom. The third kappa shape index (κ3) is 3.67. The molecular weight excluding hydrogens is 313 g/mol. The van der Waals surface area contributed by atoms with Crippen LogP contribution in [0.1, 0.15) is 13.8 Å². The van der Waals surface area contributed by atoms with Crippen molar-refractivity contribution in [3.63, 3.8) is 0 Å². The number of hydrogen-bond donors (Lipinski definition) is 0. The molecule has 0 aliphatic carbocycles. The number of hydrogen-bond acceptors (Lipinski definition) is 3. The summed E-state index contributed by atoms with van der Waals surface area (Å²) in [6.07, 6.45) is 1.60. The lowest BCUT2D eigenvalue weighted by molar-refractivity contribution is 0.231. The van der Waals surface area contributed by atoms with Crippen LogP contribution in [0.3, 0.4) is 0 Å². The van der Waals surface area contributed by atoms with Gasteiger partial charge in [-0.05, 0) is 54.0 Å². The van der Waals surface area contributed by atoms with E-state index in [0.29, 0.717) is 21.9 Å². The van der Waals surface area contributed by atoms with Crippen molar-refractivity contribution in [2.24, 2.45) is 0 Å². The summed E-state index contributed by atoms with van der Waals surface area (Å²) in [4.78, 5) is 4.11. The highest BCUT2D eigenvalue weighted by Crippen LogP contribution is 2.34. The monoisotopic (exact) mass is 325 g/mol. The highest BCUT2D eigenvalue weighted by Gasteiger charge is 2.11. The minimum absolute atomic E-state index is 0.00231. The summed E-state index contributed by atoms with van der Waals surface area (Å²) in [6.45, 7) is 3.82. The van der Waals surface area contributed by atoms with E-state index in [1.807, 2.05) is 13.8 Å². The van der Waals surface area contributed by atoms with E-state index in [2.05, 4.69) is 20.9 Å². The fraction of sp³-hybridized carbons (Fsp3) is 0.214. The second kappa shape index (κ2) is 6.02. The molecule has 1 aromatic heterocycles. The summed E-state index contributed by atoms with van der Waals surface area (Å²) < 4.78 is 25.0. The van der Waals surface area contributed by atoms with Gasteiger partial charge in [-0.3, -0.25) is 0 Å². The number of ether oxygens (including phenoxy) is 2. The highest BCUT2D eigenvalue weighted by atomic mass is 79.9. The molecule has 0 unspecified atom stereocenters. The summed E-state index contributed by atoms with van der Waals surface area (Å²) in [6, 6.07) is 7.73. The van der Waals surface area contributed by atoms with E-state index in [1.54, 1.807) is 24.4 Å². The zero-order valence-electron chi connectivity index (χ0n) is 10.6. The molecule has 0 atom stereocenters. The minimum Gasteiger partial charge on any atom is -0.485 e. The summed E-state index contributed by atoms with van der Waals surface area (Å²) >= 11 is 3.30. The van der Waals surface area contributed by atoms with Crippen LogP contribution in [0.15, 0.2) is 41.0 Å². The highest BCUT2D eigenvalue weighted by molar-refractivity contribution is 9.10. The van der Waals surface area contributed by atoms with Gasteiger partial charge in [0.15, 0.2) is 5.75 Å². The molecule has 0 spiro atoms. The van der Waals surface area contributed by atoms with Crippen LogP contribution in [-0.2, 0) is 0 Å². The number of halogens is 2. The van der Waals surface area contributed by atoms with Crippen LogP contribution in [0.5, 0.6) is 17.4 Å².